The third-order valence-corrected chi connectivity index (χ3v) is 15.0. The highest BCUT2D eigenvalue weighted by Gasteiger charge is 2.62. The van der Waals surface area contributed by atoms with Crippen LogP contribution in [0.15, 0.2) is 18.2 Å². The number of carbonyl (C=O) groups is 5. The van der Waals surface area contributed by atoms with Crippen molar-refractivity contribution in [2.24, 2.45) is 16.7 Å². The van der Waals surface area contributed by atoms with Gasteiger partial charge in [0.25, 0.3) is 5.91 Å². The third kappa shape index (κ3) is 8.38. The number of aryl methyl sites for hydroxylation is 1. The van der Waals surface area contributed by atoms with E-state index in [-0.39, 0.29) is 37.3 Å². The molecule has 56 heavy (non-hydrogen) atoms. The van der Waals surface area contributed by atoms with E-state index in [1.807, 2.05) is 39.8 Å². The molecule has 15 heteroatoms. The van der Waals surface area contributed by atoms with E-state index in [0.717, 1.165) is 68.9 Å². The second-order valence-electron chi connectivity index (χ2n) is 18.4. The van der Waals surface area contributed by atoms with Crippen LogP contribution in [-0.2, 0) is 53.4 Å². The number of benzene rings is 1. The van der Waals surface area contributed by atoms with Crippen molar-refractivity contribution >= 4 is 39.9 Å². The van der Waals surface area contributed by atoms with Gasteiger partial charge in [0.1, 0.15) is 23.7 Å². The molecule has 14 nitrogen and oxygen atoms in total. The smallest absolute Gasteiger partial charge is 0.410 e. The van der Waals surface area contributed by atoms with Gasteiger partial charge in [-0.05, 0) is 79.4 Å². The van der Waals surface area contributed by atoms with Gasteiger partial charge in [-0.3, -0.25) is 24.0 Å². The summed E-state index contributed by atoms with van der Waals surface area (Å²) in [5.41, 5.74) is 0.996. The highest BCUT2D eigenvalue weighted by molar-refractivity contribution is 7.91. The molecule has 4 bridgehead atoms. The molecule has 1 aromatic rings. The van der Waals surface area contributed by atoms with Gasteiger partial charge >= 0.3 is 12.2 Å². The maximum Gasteiger partial charge on any atom is 0.410 e. The van der Waals surface area contributed by atoms with Crippen molar-refractivity contribution in [2.45, 2.75) is 160 Å². The molecule has 1 unspecified atom stereocenters. The van der Waals surface area contributed by atoms with Gasteiger partial charge in [-0.1, -0.05) is 78.0 Å². The van der Waals surface area contributed by atoms with E-state index in [1.54, 1.807) is 4.90 Å². The molecule has 1 aromatic carbocycles. The number of rotatable bonds is 6. The van der Waals surface area contributed by atoms with Gasteiger partial charge in [-0.2, -0.15) is 0 Å². The maximum atomic E-state index is 14.7. The highest BCUT2D eigenvalue weighted by atomic mass is 32.2. The summed E-state index contributed by atoms with van der Waals surface area (Å²) in [5, 5.41) is 5.06. The second-order valence-corrected chi connectivity index (χ2v) is 20.4. The largest absolute Gasteiger partial charge is 0.449 e. The zero-order valence-corrected chi connectivity index (χ0v) is 34.1. The van der Waals surface area contributed by atoms with Crippen LogP contribution in [-0.4, -0.2) is 90.3 Å². The van der Waals surface area contributed by atoms with Crippen LogP contribution < -0.4 is 15.4 Å². The van der Waals surface area contributed by atoms with Crippen LogP contribution in [0, 0.1) is 16.7 Å². The Morgan fingerprint density at radius 3 is 2.34 bits per heavy atom. The Labute approximate surface area is 330 Å². The SMILES string of the molecule is CC[C@@H]1C[C@]1(NC(=O)C1C[C@@H]2CN1C(=O)[C@H](C(C)(C)C)NC(=O)OCC1(CCCCC1)CCCCc1cccc3c1CN(C3)C(=O)O2)C(=O)NS(=O)(=O)C1CC1. The van der Waals surface area contributed by atoms with E-state index in [4.69, 9.17) is 9.47 Å². The van der Waals surface area contributed by atoms with Crippen molar-refractivity contribution < 1.29 is 41.9 Å². The number of sulfonamides is 1. The molecule has 4 fully saturated rings. The fraction of sp³-hybridized carbons (Fsp3) is 0.732. The van der Waals surface area contributed by atoms with Gasteiger partial charge in [0.05, 0.1) is 18.4 Å². The van der Waals surface area contributed by atoms with Crippen LogP contribution in [0.1, 0.15) is 128 Å². The minimum atomic E-state index is -3.88. The number of ether oxygens (including phenoxy) is 2. The fourth-order valence-corrected chi connectivity index (χ4v) is 10.9. The molecule has 7 rings (SSSR count). The number of hydrogen-bond donors (Lipinski definition) is 3. The highest BCUT2D eigenvalue weighted by Crippen LogP contribution is 2.47. The van der Waals surface area contributed by atoms with Gasteiger partial charge in [0.2, 0.25) is 21.8 Å². The van der Waals surface area contributed by atoms with Crippen molar-refractivity contribution in [1.29, 1.82) is 0 Å². The predicted molar refractivity (Wildman–Crippen MR) is 206 cm³/mol. The number of hydrogen-bond acceptors (Lipinski definition) is 9. The molecule has 6 aliphatic rings. The molecule has 3 heterocycles. The van der Waals surface area contributed by atoms with Gasteiger partial charge in [-0.15, -0.1) is 0 Å². The molecular formula is C41H59N5O9S. The van der Waals surface area contributed by atoms with Gasteiger partial charge in [-0.25, -0.2) is 18.0 Å². The van der Waals surface area contributed by atoms with Gasteiger partial charge in [0, 0.05) is 24.9 Å². The quantitative estimate of drug-likeness (QED) is 0.364. The van der Waals surface area contributed by atoms with Crippen LogP contribution in [0.4, 0.5) is 9.59 Å². The lowest BCUT2D eigenvalue weighted by molar-refractivity contribution is -0.143. The van der Waals surface area contributed by atoms with E-state index >= 15 is 0 Å². The van der Waals surface area contributed by atoms with Crippen molar-refractivity contribution in [3.05, 3.63) is 34.9 Å². The van der Waals surface area contributed by atoms with Crippen molar-refractivity contribution in [1.82, 2.24) is 25.2 Å². The summed E-state index contributed by atoms with van der Waals surface area (Å²) in [4.78, 5) is 72.9. The summed E-state index contributed by atoms with van der Waals surface area (Å²) in [7, 11) is -3.88. The molecule has 3 saturated carbocycles. The van der Waals surface area contributed by atoms with Crippen molar-refractivity contribution in [3.8, 4) is 0 Å². The Balaban J connectivity index is 1.17. The summed E-state index contributed by atoms with van der Waals surface area (Å²) in [6, 6.07) is 3.90. The Morgan fingerprint density at radius 1 is 0.982 bits per heavy atom. The topological polar surface area (TPSA) is 181 Å². The van der Waals surface area contributed by atoms with E-state index in [0.29, 0.717) is 32.4 Å². The van der Waals surface area contributed by atoms with Gasteiger partial charge < -0.3 is 25.0 Å². The average molecular weight is 798 g/mol. The monoisotopic (exact) mass is 797 g/mol. The Kier molecular flexibility index (Phi) is 11.1. The molecule has 308 valence electrons. The molecule has 5 amide bonds. The first kappa shape index (κ1) is 40.3. The number of alkyl carbamates (subject to hydrolysis) is 1. The first-order valence-corrected chi connectivity index (χ1v) is 22.3. The fourth-order valence-electron chi connectivity index (χ4n) is 9.52. The number of nitrogens with zero attached hydrogens (tertiary/aromatic N) is 2. The Bertz CT molecular complexity index is 1840. The standard InChI is InChI=1S/C41H59N5O9S/c1-5-28-21-41(28,36(49)44-56(52,53)30-15-16-30)43-34(47)32-20-29-23-46(32)35(48)33(39(2,3)4)42-37(50)54-25-40(17-8-6-9-18-40)19-10-7-12-26-13-11-14-27-22-45(24-31(26)27)38(51)55-29/h11,13-14,28-30,32-33H,5-10,12,15-25H2,1-4H3,(H,42,50)(H,43,47)(H,44,49)/t28-,29-,32?,33-,41-/m1/s1. The molecule has 0 radical (unpaired) electrons. The number of fused-ring (bicyclic) bond motifs is 3. The van der Waals surface area contributed by atoms with Crippen molar-refractivity contribution in [3.63, 3.8) is 0 Å². The van der Waals surface area contributed by atoms with Crippen LogP contribution in [0.25, 0.3) is 0 Å². The zero-order valence-electron chi connectivity index (χ0n) is 33.3. The molecule has 1 spiro atoms. The summed E-state index contributed by atoms with van der Waals surface area (Å²) in [6.45, 7) is 8.23. The number of amides is 5. The van der Waals surface area contributed by atoms with E-state index in [9.17, 15) is 32.4 Å². The van der Waals surface area contributed by atoms with Crippen LogP contribution in [0.5, 0.6) is 0 Å². The first-order valence-electron chi connectivity index (χ1n) is 20.7. The molecule has 5 atom stereocenters. The minimum Gasteiger partial charge on any atom is -0.449 e. The van der Waals surface area contributed by atoms with Crippen LogP contribution in [0.3, 0.4) is 0 Å². The lowest BCUT2D eigenvalue weighted by Crippen LogP contribution is -2.60. The minimum absolute atomic E-state index is 0.0476. The number of nitrogens with one attached hydrogen (secondary N) is 3. The Morgan fingerprint density at radius 2 is 1.68 bits per heavy atom. The molecule has 3 aliphatic heterocycles. The molecule has 3 aliphatic carbocycles. The normalized spacial score (nSPS) is 29.9. The molecule has 1 saturated heterocycles. The van der Waals surface area contributed by atoms with Crippen molar-refractivity contribution in [2.75, 3.05) is 13.2 Å². The lowest BCUT2D eigenvalue weighted by atomic mass is 9.71. The Hall–Kier alpha value is -3.88. The molecular weight excluding hydrogens is 739 g/mol. The number of carbonyl (C=O) groups excluding carboxylic acids is 5. The zero-order chi connectivity index (χ0) is 40.0. The summed E-state index contributed by atoms with van der Waals surface area (Å²) < 4.78 is 39.7. The predicted octanol–water partition coefficient (Wildman–Crippen LogP) is 4.82. The lowest BCUT2D eigenvalue weighted by Gasteiger charge is -2.38. The average Bonchev–Trinajstić information content (AvgIpc) is 4.05. The summed E-state index contributed by atoms with van der Waals surface area (Å²) in [6.07, 6.45) is 8.51. The van der Waals surface area contributed by atoms with Crippen LogP contribution >= 0.6 is 0 Å². The van der Waals surface area contributed by atoms with Gasteiger partial charge in [0.15, 0.2) is 0 Å². The number of cyclic esters (lactones) is 1. The van der Waals surface area contributed by atoms with E-state index < -0.39 is 74.3 Å². The van der Waals surface area contributed by atoms with Crippen LogP contribution in [0.2, 0.25) is 0 Å². The maximum absolute atomic E-state index is 14.7. The van der Waals surface area contributed by atoms with E-state index in [1.165, 1.54) is 10.5 Å². The second kappa shape index (κ2) is 15.5. The molecule has 3 N–H and O–H groups in total. The summed E-state index contributed by atoms with van der Waals surface area (Å²) >= 11 is 0. The molecule has 0 aromatic heterocycles. The first-order chi connectivity index (χ1) is 26.5. The van der Waals surface area contributed by atoms with E-state index in [2.05, 4.69) is 21.4 Å². The third-order valence-electron chi connectivity index (χ3n) is 13.2. The summed E-state index contributed by atoms with van der Waals surface area (Å²) in [5.74, 6) is -2.29.